The molecule has 0 spiro atoms. The predicted octanol–water partition coefficient (Wildman–Crippen LogP) is 5.34. The number of hydrogen-bond acceptors (Lipinski definition) is 4. The van der Waals surface area contributed by atoms with Gasteiger partial charge in [-0.2, -0.15) is 4.57 Å². The second-order valence-electron chi connectivity index (χ2n) is 11.1. The number of ether oxygens (including phenoxy) is 4. The Morgan fingerprint density at radius 1 is 0.775 bits per heavy atom. The first-order valence-electron chi connectivity index (χ1n) is 15.3. The summed E-state index contributed by atoms with van der Waals surface area (Å²) < 4.78 is 25.6. The van der Waals surface area contributed by atoms with Crippen LogP contribution >= 0.6 is 0 Å². The Balaban J connectivity index is 0.00000370. The van der Waals surface area contributed by atoms with Crippen molar-refractivity contribution in [2.45, 2.75) is 103 Å². The second kappa shape index (κ2) is 14.8. The number of hydrogen-bond donors (Lipinski definition) is 0. The molecule has 218 valence electrons. The van der Waals surface area contributed by atoms with Crippen molar-refractivity contribution in [3.8, 4) is 34.3 Å². The smallest absolute Gasteiger partial charge is 0.231 e. The molecule has 5 rings (SSSR count). The summed E-state index contributed by atoms with van der Waals surface area (Å²) in [4.78, 5) is 0. The molecule has 0 unspecified atom stereocenters. The molecule has 2 aromatic carbocycles. The lowest BCUT2D eigenvalue weighted by atomic mass is 9.92. The molecule has 6 heteroatoms. The molecule has 0 saturated carbocycles. The number of nitrogens with zero attached hydrogens (tertiary/aromatic N) is 1. The van der Waals surface area contributed by atoms with Crippen LogP contribution in [-0.2, 0) is 19.4 Å². The van der Waals surface area contributed by atoms with Crippen molar-refractivity contribution in [1.82, 2.24) is 0 Å². The molecule has 1 aromatic heterocycles. The highest BCUT2D eigenvalue weighted by Gasteiger charge is 2.32. The number of halogens is 1. The molecule has 0 radical (unpaired) electrons. The van der Waals surface area contributed by atoms with E-state index in [1.165, 1.54) is 110 Å². The van der Waals surface area contributed by atoms with Gasteiger partial charge in [-0.15, -0.1) is 0 Å². The van der Waals surface area contributed by atoms with Gasteiger partial charge in [0.25, 0.3) is 0 Å². The topological polar surface area (TPSA) is 40.8 Å². The fourth-order valence-corrected chi connectivity index (χ4v) is 6.40. The predicted molar refractivity (Wildman–Crippen MR) is 157 cm³/mol. The fourth-order valence-electron chi connectivity index (χ4n) is 6.40. The van der Waals surface area contributed by atoms with E-state index in [0.717, 1.165) is 42.4 Å². The highest BCUT2D eigenvalue weighted by molar-refractivity contribution is 5.94. The van der Waals surface area contributed by atoms with Crippen molar-refractivity contribution < 1.29 is 35.9 Å². The average Bonchev–Trinajstić information content (AvgIpc) is 3.43. The van der Waals surface area contributed by atoms with Gasteiger partial charge in [-0.05, 0) is 41.6 Å². The Morgan fingerprint density at radius 3 is 2.08 bits per heavy atom. The van der Waals surface area contributed by atoms with Gasteiger partial charge >= 0.3 is 0 Å². The van der Waals surface area contributed by atoms with E-state index < -0.39 is 0 Å². The maximum Gasteiger partial charge on any atom is 0.231 e. The van der Waals surface area contributed by atoms with Crippen LogP contribution in [0, 0.1) is 0 Å². The summed E-state index contributed by atoms with van der Waals surface area (Å²) >= 11 is 0. The normalized spacial score (nSPS) is 13.1. The Labute approximate surface area is 246 Å². The summed E-state index contributed by atoms with van der Waals surface area (Å²) in [5.41, 5.74) is 5.19. The molecule has 0 amide bonds. The largest absolute Gasteiger partial charge is 1.00 e. The Kier molecular flexibility index (Phi) is 11.2. The van der Waals surface area contributed by atoms with E-state index in [9.17, 15) is 0 Å². The van der Waals surface area contributed by atoms with Gasteiger partial charge in [-0.1, -0.05) is 77.6 Å². The van der Waals surface area contributed by atoms with Gasteiger partial charge in [-0.25, -0.2) is 0 Å². The van der Waals surface area contributed by atoms with Crippen molar-refractivity contribution in [1.29, 1.82) is 0 Å². The molecule has 40 heavy (non-hydrogen) atoms. The van der Waals surface area contributed by atoms with Crippen LogP contribution in [0.15, 0.2) is 30.3 Å². The van der Waals surface area contributed by atoms with Gasteiger partial charge in [0.1, 0.15) is 0 Å². The minimum absolute atomic E-state index is 0. The van der Waals surface area contributed by atoms with Gasteiger partial charge in [0.15, 0.2) is 35.2 Å². The van der Waals surface area contributed by atoms with Crippen molar-refractivity contribution >= 4 is 10.8 Å². The molecular weight excluding hydrogens is 522 g/mol. The maximum absolute atomic E-state index is 5.95. The molecule has 5 nitrogen and oxygen atoms in total. The highest BCUT2D eigenvalue weighted by Crippen LogP contribution is 2.43. The third-order valence-corrected chi connectivity index (χ3v) is 8.52. The number of aromatic nitrogens is 1. The highest BCUT2D eigenvalue weighted by atomic mass is 35.5. The number of unbranched alkanes of at least 4 members (excludes halogenated alkanes) is 11. The number of benzene rings is 2. The van der Waals surface area contributed by atoms with Gasteiger partial charge in [0.05, 0.1) is 25.2 Å². The summed E-state index contributed by atoms with van der Waals surface area (Å²) in [7, 11) is 3.48. The molecule has 0 atom stereocenters. The minimum atomic E-state index is 0. The molecule has 0 N–H and O–H groups in total. The van der Waals surface area contributed by atoms with Crippen LogP contribution < -0.4 is 35.9 Å². The van der Waals surface area contributed by atoms with Crippen molar-refractivity contribution in [3.05, 3.63) is 41.6 Å². The SMILES string of the molecule is CCCCCCCCCCCCCCc1c2c(OC)c(OC)ccc2cc2[n+]1CCc1cc3c(cc1-2)OCO3.[Cl-]. The quantitative estimate of drug-likeness (QED) is 0.183. The van der Waals surface area contributed by atoms with Crippen LogP contribution in [0.5, 0.6) is 23.0 Å². The summed E-state index contributed by atoms with van der Waals surface area (Å²) in [5, 5.41) is 2.38. The van der Waals surface area contributed by atoms with Crippen molar-refractivity contribution in [2.75, 3.05) is 21.0 Å². The number of aryl methyl sites for hydroxylation is 2. The summed E-state index contributed by atoms with van der Waals surface area (Å²) in [6.07, 6.45) is 18.3. The van der Waals surface area contributed by atoms with Gasteiger partial charge < -0.3 is 31.4 Å². The van der Waals surface area contributed by atoms with E-state index in [4.69, 9.17) is 18.9 Å². The zero-order chi connectivity index (χ0) is 27.0. The minimum Gasteiger partial charge on any atom is -1.00 e. The van der Waals surface area contributed by atoms with Gasteiger partial charge in [0.2, 0.25) is 12.5 Å². The molecule has 3 aromatic rings. The molecule has 0 saturated heterocycles. The van der Waals surface area contributed by atoms with Crippen LogP contribution in [0.2, 0.25) is 0 Å². The van der Waals surface area contributed by atoms with Crippen LogP contribution in [0.1, 0.15) is 95.2 Å². The van der Waals surface area contributed by atoms with Crippen LogP contribution in [0.4, 0.5) is 0 Å². The first-order chi connectivity index (χ1) is 19.2. The Morgan fingerprint density at radius 2 is 1.43 bits per heavy atom. The van der Waals surface area contributed by atoms with Crippen molar-refractivity contribution in [3.63, 3.8) is 0 Å². The van der Waals surface area contributed by atoms with E-state index in [1.54, 1.807) is 14.2 Å². The zero-order valence-corrected chi connectivity index (χ0v) is 25.4. The number of fused-ring (bicyclic) bond motifs is 5. The van der Waals surface area contributed by atoms with Crippen molar-refractivity contribution in [2.24, 2.45) is 0 Å². The third kappa shape index (κ3) is 6.62. The van der Waals surface area contributed by atoms with Crippen LogP contribution in [0.25, 0.3) is 22.0 Å². The first kappa shape index (κ1) is 30.3. The van der Waals surface area contributed by atoms with Crippen LogP contribution in [0.3, 0.4) is 0 Å². The second-order valence-corrected chi connectivity index (χ2v) is 11.1. The number of methoxy groups -OCH3 is 2. The lowest BCUT2D eigenvalue weighted by Gasteiger charge is -2.20. The van der Waals surface area contributed by atoms with E-state index in [2.05, 4.69) is 35.8 Å². The van der Waals surface area contributed by atoms with Crippen LogP contribution in [-0.4, -0.2) is 21.0 Å². The molecule has 2 aliphatic heterocycles. The van der Waals surface area contributed by atoms with E-state index in [1.807, 2.05) is 6.07 Å². The lowest BCUT2D eigenvalue weighted by Crippen LogP contribution is -3.00. The van der Waals surface area contributed by atoms with E-state index in [0.29, 0.717) is 6.79 Å². The molecule has 3 heterocycles. The first-order valence-corrected chi connectivity index (χ1v) is 15.3. The fraction of sp³-hybridized carbons (Fsp3) is 0.559. The Bertz CT molecular complexity index is 1280. The number of rotatable bonds is 15. The third-order valence-electron chi connectivity index (χ3n) is 8.52. The molecule has 0 bridgehead atoms. The lowest BCUT2D eigenvalue weighted by molar-refractivity contribution is -0.693. The standard InChI is InChI=1S/C34H46NO4.ClH/c1-4-5-6-7-8-9-10-11-12-13-14-15-16-28-33-26(17-18-30(36-2)34(33)37-3)21-29-27-23-32-31(38-24-39-32)22-25(27)19-20-35(28)29;/h17-18,21-23H,4-16,19-20,24H2,1-3H3;1H/q+1;/p-1. The summed E-state index contributed by atoms with van der Waals surface area (Å²) in [5.74, 6) is 3.35. The van der Waals surface area contributed by atoms with Gasteiger partial charge in [-0.3, -0.25) is 0 Å². The maximum atomic E-state index is 5.95. The number of pyridine rings is 1. The molecule has 0 fully saturated rings. The molecular formula is C34H46ClNO4. The monoisotopic (exact) mass is 567 g/mol. The van der Waals surface area contributed by atoms with Gasteiger partial charge in [0, 0.05) is 18.9 Å². The average molecular weight is 568 g/mol. The zero-order valence-electron chi connectivity index (χ0n) is 24.7. The van der Waals surface area contributed by atoms with E-state index >= 15 is 0 Å². The molecule has 2 aliphatic rings. The Hall–Kier alpha value is -2.66. The summed E-state index contributed by atoms with van der Waals surface area (Å²) in [6.45, 7) is 3.54. The van der Waals surface area contributed by atoms with E-state index in [-0.39, 0.29) is 12.4 Å². The molecule has 0 aliphatic carbocycles. The summed E-state index contributed by atoms with van der Waals surface area (Å²) in [6, 6.07) is 10.8.